The average molecular weight is 263 g/mol. The molecule has 4 rings (SSSR count). The Bertz CT molecular complexity index is 593. The summed E-state index contributed by atoms with van der Waals surface area (Å²) in [6.45, 7) is 0. The predicted molar refractivity (Wildman–Crippen MR) is 62.4 cm³/mol. The number of amides is 1. The largest absolute Gasteiger partial charge is 0.477 e. The molecule has 1 saturated heterocycles. The Balaban J connectivity index is 1.63. The van der Waals surface area contributed by atoms with Crippen molar-refractivity contribution in [2.24, 2.45) is 5.41 Å². The normalized spacial score (nSPS) is 36.3. The van der Waals surface area contributed by atoms with E-state index in [9.17, 15) is 9.59 Å². The molecule has 1 saturated carbocycles. The van der Waals surface area contributed by atoms with Gasteiger partial charge in [-0.2, -0.15) is 0 Å². The van der Waals surface area contributed by atoms with Gasteiger partial charge in [0.1, 0.15) is 11.1 Å². The lowest BCUT2D eigenvalue weighted by atomic mass is 9.89. The molecular formula is C12H9NO4S. The molecule has 1 aliphatic carbocycles. The zero-order valence-corrected chi connectivity index (χ0v) is 10.0. The smallest absolute Gasteiger partial charge is 0.353 e. The van der Waals surface area contributed by atoms with Crippen molar-refractivity contribution in [1.29, 1.82) is 0 Å². The summed E-state index contributed by atoms with van der Waals surface area (Å²) in [6, 6.07) is 1.88. The van der Waals surface area contributed by atoms with Gasteiger partial charge in [0.15, 0.2) is 0 Å². The molecule has 18 heavy (non-hydrogen) atoms. The van der Waals surface area contributed by atoms with E-state index in [0.29, 0.717) is 0 Å². The molecule has 1 spiro atoms. The molecule has 2 aliphatic heterocycles. The zero-order valence-electron chi connectivity index (χ0n) is 9.20. The number of hydrogen-bond acceptors (Lipinski definition) is 4. The first-order valence-corrected chi connectivity index (χ1v) is 6.55. The van der Waals surface area contributed by atoms with Gasteiger partial charge in [-0.3, -0.25) is 9.69 Å². The van der Waals surface area contributed by atoms with Gasteiger partial charge in [-0.1, -0.05) is 0 Å². The van der Waals surface area contributed by atoms with Crippen LogP contribution in [0.1, 0.15) is 17.9 Å². The second-order valence-corrected chi connectivity index (χ2v) is 5.78. The minimum atomic E-state index is -1.03. The van der Waals surface area contributed by atoms with Gasteiger partial charge in [-0.25, -0.2) is 4.79 Å². The van der Waals surface area contributed by atoms with Crippen LogP contribution in [0.15, 0.2) is 34.1 Å². The van der Waals surface area contributed by atoms with Gasteiger partial charge >= 0.3 is 5.97 Å². The van der Waals surface area contributed by atoms with Crippen molar-refractivity contribution in [3.63, 3.8) is 0 Å². The molecule has 0 radical (unpaired) electrons. The highest BCUT2D eigenvalue weighted by Gasteiger charge is 2.77. The molecule has 1 aromatic heterocycles. The maximum absolute atomic E-state index is 12.2. The van der Waals surface area contributed by atoms with Crippen LogP contribution in [0.3, 0.4) is 0 Å². The number of nitrogens with zero attached hydrogens (tertiary/aromatic N) is 1. The third kappa shape index (κ3) is 0.963. The Labute approximate surface area is 106 Å². The fraction of sp³-hybridized carbons (Fsp3) is 0.333. The molecule has 3 atom stereocenters. The number of carbonyl (C=O) groups excluding carboxylic acids is 1. The van der Waals surface area contributed by atoms with Crippen LogP contribution in [0.2, 0.25) is 0 Å². The third-order valence-corrected chi connectivity index (χ3v) is 5.28. The Morgan fingerprint density at radius 2 is 2.44 bits per heavy atom. The molecule has 1 amide bonds. The summed E-state index contributed by atoms with van der Waals surface area (Å²) in [5.74, 6) is -0.912. The number of hydrogen-bond donors (Lipinski definition) is 1. The number of rotatable bonds is 2. The molecule has 1 N–H and O–H groups in total. The second-order valence-electron chi connectivity index (χ2n) is 4.83. The van der Waals surface area contributed by atoms with Crippen LogP contribution in [0.5, 0.6) is 0 Å². The van der Waals surface area contributed by atoms with E-state index in [1.165, 1.54) is 16.7 Å². The van der Waals surface area contributed by atoms with E-state index in [1.54, 1.807) is 17.9 Å². The van der Waals surface area contributed by atoms with Crippen molar-refractivity contribution in [3.8, 4) is 0 Å². The van der Waals surface area contributed by atoms with Crippen molar-refractivity contribution in [2.75, 3.05) is 0 Å². The molecule has 3 heterocycles. The molecule has 0 bridgehead atoms. The second kappa shape index (κ2) is 3.00. The lowest BCUT2D eigenvalue weighted by molar-refractivity contribution is -0.154. The zero-order chi connectivity index (χ0) is 12.5. The highest BCUT2D eigenvalue weighted by atomic mass is 32.2. The van der Waals surface area contributed by atoms with E-state index < -0.39 is 5.97 Å². The van der Waals surface area contributed by atoms with Gasteiger partial charge in [-0.15, -0.1) is 11.8 Å². The van der Waals surface area contributed by atoms with Crippen molar-refractivity contribution in [2.45, 2.75) is 17.7 Å². The van der Waals surface area contributed by atoms with E-state index in [0.717, 1.165) is 12.0 Å². The van der Waals surface area contributed by atoms with Gasteiger partial charge < -0.3 is 9.52 Å². The number of thioether (sulfide) groups is 1. The van der Waals surface area contributed by atoms with Gasteiger partial charge in [0.05, 0.1) is 17.9 Å². The predicted octanol–water partition coefficient (Wildman–Crippen LogP) is 1.59. The first kappa shape index (κ1) is 10.3. The fourth-order valence-electron chi connectivity index (χ4n) is 3.03. The van der Waals surface area contributed by atoms with Crippen molar-refractivity contribution in [1.82, 2.24) is 4.90 Å². The molecule has 92 valence electrons. The summed E-state index contributed by atoms with van der Waals surface area (Å²) >= 11 is 1.43. The summed E-state index contributed by atoms with van der Waals surface area (Å²) in [4.78, 5) is 24.6. The van der Waals surface area contributed by atoms with Crippen LogP contribution in [0.4, 0.5) is 0 Å². The van der Waals surface area contributed by atoms with E-state index >= 15 is 0 Å². The van der Waals surface area contributed by atoms with Crippen LogP contribution in [0.25, 0.3) is 0 Å². The highest BCUT2D eigenvalue weighted by Crippen LogP contribution is 2.73. The van der Waals surface area contributed by atoms with Crippen LogP contribution in [0, 0.1) is 5.41 Å². The highest BCUT2D eigenvalue weighted by molar-refractivity contribution is 8.03. The molecular weight excluding hydrogens is 254 g/mol. The molecule has 0 aromatic carbocycles. The van der Waals surface area contributed by atoms with Gasteiger partial charge in [0.25, 0.3) is 0 Å². The summed E-state index contributed by atoms with van der Waals surface area (Å²) in [7, 11) is 0. The molecule has 1 aromatic rings. The first-order valence-electron chi connectivity index (χ1n) is 5.61. The number of fused-ring (bicyclic) bond motifs is 2. The van der Waals surface area contributed by atoms with E-state index in [1.807, 2.05) is 6.07 Å². The minimum absolute atomic E-state index is 0.0454. The first-order chi connectivity index (χ1) is 8.66. The number of carbonyl (C=O) groups is 2. The van der Waals surface area contributed by atoms with E-state index in [-0.39, 0.29) is 28.3 Å². The topological polar surface area (TPSA) is 70.8 Å². The Morgan fingerprint density at radius 3 is 3.11 bits per heavy atom. The molecule has 3 aliphatic rings. The molecule has 0 unspecified atom stereocenters. The minimum Gasteiger partial charge on any atom is -0.477 e. The summed E-state index contributed by atoms with van der Waals surface area (Å²) in [5, 5.41) is 10.5. The molecule has 5 nitrogen and oxygen atoms in total. The number of furan rings is 1. The Hall–Kier alpha value is -1.69. The Kier molecular flexibility index (Phi) is 1.71. The Morgan fingerprint density at radius 1 is 1.61 bits per heavy atom. The maximum atomic E-state index is 12.2. The van der Waals surface area contributed by atoms with Crippen LogP contribution >= 0.6 is 11.8 Å². The summed E-state index contributed by atoms with van der Waals surface area (Å²) < 4.78 is 5.04. The third-order valence-electron chi connectivity index (χ3n) is 4.03. The number of carboxylic acid groups (broad SMARTS) is 1. The van der Waals surface area contributed by atoms with Crippen LogP contribution < -0.4 is 0 Å². The van der Waals surface area contributed by atoms with Crippen molar-refractivity contribution in [3.05, 3.63) is 35.3 Å². The van der Waals surface area contributed by atoms with E-state index in [4.69, 9.17) is 9.52 Å². The van der Waals surface area contributed by atoms with Crippen LogP contribution in [-0.4, -0.2) is 27.3 Å². The van der Waals surface area contributed by atoms with E-state index in [2.05, 4.69) is 0 Å². The monoisotopic (exact) mass is 263 g/mol. The lowest BCUT2D eigenvalue weighted by Gasteiger charge is -2.44. The maximum Gasteiger partial charge on any atom is 0.353 e. The molecule has 2 fully saturated rings. The number of β-lactam (4-membered cyclic amide) rings is 1. The van der Waals surface area contributed by atoms with Gasteiger partial charge in [0.2, 0.25) is 5.91 Å². The van der Waals surface area contributed by atoms with Gasteiger partial charge in [-0.05, 0) is 18.1 Å². The SMILES string of the molecule is O=C(O)C1=CS[C@H]2N1C(=O)[C@@]21C[C@@H]1c1ccoc1. The van der Waals surface area contributed by atoms with Crippen molar-refractivity contribution >= 4 is 23.6 Å². The number of carboxylic acids is 1. The quantitative estimate of drug-likeness (QED) is 0.820. The van der Waals surface area contributed by atoms with Crippen LogP contribution in [-0.2, 0) is 9.59 Å². The lowest BCUT2D eigenvalue weighted by Crippen LogP contribution is -2.59. The number of aliphatic carboxylic acids is 1. The van der Waals surface area contributed by atoms with Gasteiger partial charge in [0, 0.05) is 11.3 Å². The average Bonchev–Trinajstić information content (AvgIpc) is 2.81. The fourth-order valence-corrected chi connectivity index (χ4v) is 4.44. The summed E-state index contributed by atoms with van der Waals surface area (Å²) in [5.41, 5.74) is 0.758. The standard InChI is InChI=1S/C12H9NO4S/c14-9(15)8-5-18-11-12(10(16)13(8)11)3-7(12)6-1-2-17-4-6/h1-2,4-5,7,11H,3H2,(H,14,15)/t7-,11-,12+/m1/s1. The molecule has 6 heteroatoms. The summed E-state index contributed by atoms with van der Waals surface area (Å²) in [6.07, 6.45) is 4.06. The van der Waals surface area contributed by atoms with Crippen molar-refractivity contribution < 1.29 is 19.1 Å².